The van der Waals surface area contributed by atoms with Crippen molar-refractivity contribution >= 4 is 13.7 Å². The van der Waals surface area contributed by atoms with Gasteiger partial charge in [-0.3, -0.25) is 0 Å². The van der Waals surface area contributed by atoms with E-state index < -0.39 is 8.38 Å². The molecule has 0 aliphatic carbocycles. The van der Waals surface area contributed by atoms with Crippen molar-refractivity contribution in [3.05, 3.63) is 30.3 Å². The number of hydrogen-bond donors (Lipinski definition) is 0. The zero-order valence-corrected chi connectivity index (χ0v) is 9.83. The standard InChI is InChI=1S/C11H17O2P/c1-4-12-14(13-10(2)3)11-8-6-5-7-9-11/h5-10H,4H2,1-3H3. The maximum absolute atomic E-state index is 5.72. The van der Waals surface area contributed by atoms with Crippen LogP contribution in [0.15, 0.2) is 30.3 Å². The Morgan fingerprint density at radius 3 is 2.36 bits per heavy atom. The quantitative estimate of drug-likeness (QED) is 0.698. The molecule has 0 saturated carbocycles. The molecule has 1 unspecified atom stereocenters. The van der Waals surface area contributed by atoms with Gasteiger partial charge in [0, 0.05) is 5.30 Å². The predicted molar refractivity (Wildman–Crippen MR) is 60.8 cm³/mol. The molecular weight excluding hydrogens is 195 g/mol. The van der Waals surface area contributed by atoms with Crippen molar-refractivity contribution in [3.63, 3.8) is 0 Å². The lowest BCUT2D eigenvalue weighted by atomic mass is 10.4. The van der Waals surface area contributed by atoms with E-state index in [1.807, 2.05) is 51.1 Å². The third-order valence-corrected chi connectivity index (χ3v) is 3.35. The third-order valence-electron chi connectivity index (χ3n) is 1.52. The molecule has 14 heavy (non-hydrogen) atoms. The first kappa shape index (κ1) is 11.6. The molecule has 0 spiro atoms. The van der Waals surface area contributed by atoms with Crippen LogP contribution in [0.5, 0.6) is 0 Å². The number of rotatable bonds is 5. The van der Waals surface area contributed by atoms with E-state index in [0.717, 1.165) is 5.30 Å². The highest BCUT2D eigenvalue weighted by Crippen LogP contribution is 2.38. The Bertz CT molecular complexity index is 249. The Morgan fingerprint density at radius 2 is 1.86 bits per heavy atom. The molecule has 0 aliphatic rings. The molecule has 0 aliphatic heterocycles. The summed E-state index contributed by atoms with van der Waals surface area (Å²) in [6.07, 6.45) is 0.202. The maximum atomic E-state index is 5.72. The van der Waals surface area contributed by atoms with Crippen molar-refractivity contribution in [2.75, 3.05) is 6.61 Å². The van der Waals surface area contributed by atoms with Gasteiger partial charge in [-0.25, -0.2) is 0 Å². The number of benzene rings is 1. The summed E-state index contributed by atoms with van der Waals surface area (Å²) in [4.78, 5) is 0. The van der Waals surface area contributed by atoms with Crippen LogP contribution in [0.2, 0.25) is 0 Å². The summed E-state index contributed by atoms with van der Waals surface area (Å²) in [6.45, 7) is 6.73. The molecule has 1 aromatic rings. The fraction of sp³-hybridized carbons (Fsp3) is 0.455. The summed E-state index contributed by atoms with van der Waals surface area (Å²) >= 11 is 0. The first-order valence-electron chi connectivity index (χ1n) is 4.89. The van der Waals surface area contributed by atoms with Gasteiger partial charge in [0.1, 0.15) is 0 Å². The van der Waals surface area contributed by atoms with Gasteiger partial charge in [0.25, 0.3) is 0 Å². The molecule has 0 heterocycles. The first-order chi connectivity index (χ1) is 6.74. The van der Waals surface area contributed by atoms with Crippen LogP contribution in [0.3, 0.4) is 0 Å². The summed E-state index contributed by atoms with van der Waals surface area (Å²) < 4.78 is 11.3. The van der Waals surface area contributed by atoms with E-state index in [0.29, 0.717) is 6.61 Å². The van der Waals surface area contributed by atoms with E-state index in [9.17, 15) is 0 Å². The van der Waals surface area contributed by atoms with Crippen molar-refractivity contribution in [1.29, 1.82) is 0 Å². The Kier molecular flexibility index (Phi) is 5.10. The van der Waals surface area contributed by atoms with Crippen LogP contribution in [-0.4, -0.2) is 12.7 Å². The fourth-order valence-corrected chi connectivity index (χ4v) is 2.39. The van der Waals surface area contributed by atoms with Crippen LogP contribution >= 0.6 is 8.38 Å². The number of hydrogen-bond acceptors (Lipinski definition) is 2. The second kappa shape index (κ2) is 6.13. The molecule has 2 nitrogen and oxygen atoms in total. The summed E-state index contributed by atoms with van der Waals surface area (Å²) in [5.41, 5.74) is 0. The van der Waals surface area contributed by atoms with Crippen LogP contribution in [-0.2, 0) is 9.05 Å². The van der Waals surface area contributed by atoms with E-state index in [1.165, 1.54) is 0 Å². The molecular formula is C11H17O2P. The highest BCUT2D eigenvalue weighted by atomic mass is 31.2. The van der Waals surface area contributed by atoms with Crippen LogP contribution in [0, 0.1) is 0 Å². The van der Waals surface area contributed by atoms with Crippen LogP contribution in [0.4, 0.5) is 0 Å². The van der Waals surface area contributed by atoms with E-state index in [1.54, 1.807) is 0 Å². The van der Waals surface area contributed by atoms with Gasteiger partial charge >= 0.3 is 0 Å². The zero-order valence-electron chi connectivity index (χ0n) is 8.93. The molecule has 1 rings (SSSR count). The molecule has 0 bridgehead atoms. The van der Waals surface area contributed by atoms with Crippen LogP contribution in [0.25, 0.3) is 0 Å². The van der Waals surface area contributed by atoms with Gasteiger partial charge in [0.05, 0.1) is 12.7 Å². The van der Waals surface area contributed by atoms with Crippen molar-refractivity contribution in [2.24, 2.45) is 0 Å². The largest absolute Gasteiger partial charge is 0.331 e. The highest BCUT2D eigenvalue weighted by molar-refractivity contribution is 7.56. The van der Waals surface area contributed by atoms with Crippen molar-refractivity contribution in [3.8, 4) is 0 Å². The van der Waals surface area contributed by atoms with E-state index in [4.69, 9.17) is 9.05 Å². The average molecular weight is 212 g/mol. The molecule has 1 aromatic carbocycles. The summed E-state index contributed by atoms with van der Waals surface area (Å²) in [7, 11) is -0.895. The van der Waals surface area contributed by atoms with Gasteiger partial charge in [-0.15, -0.1) is 0 Å². The van der Waals surface area contributed by atoms with Crippen LogP contribution < -0.4 is 5.30 Å². The predicted octanol–water partition coefficient (Wildman–Crippen LogP) is 3.09. The molecule has 0 amide bonds. The van der Waals surface area contributed by atoms with Crippen molar-refractivity contribution < 1.29 is 9.05 Å². The summed E-state index contributed by atoms with van der Waals surface area (Å²) in [5, 5.41) is 1.14. The lowest BCUT2D eigenvalue weighted by Gasteiger charge is -2.18. The molecule has 1 atom stereocenters. The van der Waals surface area contributed by atoms with E-state index in [2.05, 4.69) is 0 Å². The Balaban J connectivity index is 2.67. The van der Waals surface area contributed by atoms with Crippen LogP contribution in [0.1, 0.15) is 20.8 Å². The lowest BCUT2D eigenvalue weighted by Crippen LogP contribution is -2.09. The molecule has 0 radical (unpaired) electrons. The third kappa shape index (κ3) is 3.75. The van der Waals surface area contributed by atoms with Crippen molar-refractivity contribution in [1.82, 2.24) is 0 Å². The second-order valence-corrected chi connectivity index (χ2v) is 4.66. The van der Waals surface area contributed by atoms with Gasteiger partial charge in [-0.05, 0) is 32.9 Å². The minimum atomic E-state index is -0.895. The van der Waals surface area contributed by atoms with Gasteiger partial charge in [0.15, 0.2) is 0 Å². The van der Waals surface area contributed by atoms with Crippen molar-refractivity contribution in [2.45, 2.75) is 26.9 Å². The maximum Gasteiger partial charge on any atom is 0.205 e. The second-order valence-electron chi connectivity index (χ2n) is 3.16. The summed E-state index contributed by atoms with van der Waals surface area (Å²) in [6, 6.07) is 10.1. The molecule has 0 aromatic heterocycles. The lowest BCUT2D eigenvalue weighted by molar-refractivity contribution is 0.217. The minimum Gasteiger partial charge on any atom is -0.331 e. The molecule has 78 valence electrons. The van der Waals surface area contributed by atoms with E-state index >= 15 is 0 Å². The molecule has 0 fully saturated rings. The normalized spacial score (nSPS) is 13.1. The SMILES string of the molecule is CCOP(OC(C)C)c1ccccc1. The molecule has 3 heteroatoms. The Hall–Kier alpha value is -0.430. The monoisotopic (exact) mass is 212 g/mol. The Morgan fingerprint density at radius 1 is 1.21 bits per heavy atom. The van der Waals surface area contributed by atoms with Gasteiger partial charge in [-0.2, -0.15) is 0 Å². The topological polar surface area (TPSA) is 18.5 Å². The van der Waals surface area contributed by atoms with Gasteiger partial charge in [0.2, 0.25) is 8.38 Å². The highest BCUT2D eigenvalue weighted by Gasteiger charge is 2.13. The smallest absolute Gasteiger partial charge is 0.205 e. The Labute approximate surface area is 87.2 Å². The van der Waals surface area contributed by atoms with Gasteiger partial charge < -0.3 is 9.05 Å². The zero-order chi connectivity index (χ0) is 10.4. The molecule has 0 saturated heterocycles. The minimum absolute atomic E-state index is 0.202. The average Bonchev–Trinajstić information content (AvgIpc) is 2.18. The summed E-state index contributed by atoms with van der Waals surface area (Å²) in [5.74, 6) is 0. The van der Waals surface area contributed by atoms with Gasteiger partial charge in [-0.1, -0.05) is 18.2 Å². The van der Waals surface area contributed by atoms with E-state index in [-0.39, 0.29) is 6.10 Å². The first-order valence-corrected chi connectivity index (χ1v) is 6.06. The molecule has 0 N–H and O–H groups in total. The fourth-order valence-electron chi connectivity index (χ4n) is 1.02.